The maximum Gasteiger partial charge on any atom is 0.241 e. The van der Waals surface area contributed by atoms with Crippen molar-refractivity contribution in [2.24, 2.45) is 5.92 Å². The van der Waals surface area contributed by atoms with Crippen molar-refractivity contribution in [1.82, 2.24) is 4.90 Å². The summed E-state index contributed by atoms with van der Waals surface area (Å²) in [6, 6.07) is 8.60. The Labute approximate surface area is 133 Å². The zero-order chi connectivity index (χ0) is 14.1. The van der Waals surface area contributed by atoms with Crippen molar-refractivity contribution in [1.29, 1.82) is 0 Å². The average molecular weight is 308 g/mol. The molecule has 116 valence electrons. The van der Waals surface area contributed by atoms with Crippen molar-refractivity contribution in [2.75, 3.05) is 24.5 Å². The molecule has 4 heteroatoms. The Morgan fingerprint density at radius 1 is 1.19 bits per heavy atom. The van der Waals surface area contributed by atoms with Gasteiger partial charge in [-0.15, -0.1) is 0 Å². The number of carbonyl (C=O) groups is 1. The van der Waals surface area contributed by atoms with E-state index < -0.39 is 0 Å². The van der Waals surface area contributed by atoms with E-state index in [0.717, 1.165) is 31.1 Å². The van der Waals surface area contributed by atoms with Gasteiger partial charge in [0.05, 0.1) is 6.54 Å². The van der Waals surface area contributed by atoms with Crippen LogP contribution in [-0.4, -0.2) is 36.5 Å². The maximum atomic E-state index is 12.7. The summed E-state index contributed by atoms with van der Waals surface area (Å²) in [5.41, 5.74) is 2.43. The molecule has 1 aromatic carbocycles. The molecule has 1 amide bonds. The molecule has 1 aromatic rings. The van der Waals surface area contributed by atoms with Crippen molar-refractivity contribution >= 4 is 11.6 Å². The minimum atomic E-state index is 0. The van der Waals surface area contributed by atoms with E-state index in [1.54, 1.807) is 0 Å². The third-order valence-corrected chi connectivity index (χ3v) is 4.71. The van der Waals surface area contributed by atoms with Gasteiger partial charge in [-0.25, -0.2) is 0 Å². The van der Waals surface area contributed by atoms with Crippen LogP contribution in [0.25, 0.3) is 0 Å². The van der Waals surface area contributed by atoms with E-state index >= 15 is 0 Å². The molecule has 0 spiro atoms. The number of nitrogens with zero attached hydrogens (tertiary/aromatic N) is 2. The molecule has 2 aliphatic heterocycles. The highest BCUT2D eigenvalue weighted by Crippen LogP contribution is 2.32. The summed E-state index contributed by atoms with van der Waals surface area (Å²) in [4.78, 5) is 17.0. The zero-order valence-corrected chi connectivity index (χ0v) is 13.6. The maximum absolute atomic E-state index is 12.7. The lowest BCUT2D eigenvalue weighted by Gasteiger charge is -2.32. The standard InChI is InChI=1S/C17H24N2O.ClH/c1-13-7-9-18(10-8-13)12-17(20)19-14(2)11-15-5-3-4-6-16(15)19;/h3-6,13-14H,7-12H2,1-2H3;1H/p-1. The van der Waals surface area contributed by atoms with E-state index in [9.17, 15) is 4.79 Å². The van der Waals surface area contributed by atoms with E-state index in [-0.39, 0.29) is 18.3 Å². The Hall–Kier alpha value is -1.06. The molecule has 3 nitrogen and oxygen atoms in total. The zero-order valence-electron chi connectivity index (χ0n) is 12.9. The number of fused-ring (bicyclic) bond motifs is 1. The van der Waals surface area contributed by atoms with Gasteiger partial charge in [0.15, 0.2) is 0 Å². The Morgan fingerprint density at radius 3 is 2.57 bits per heavy atom. The number of amides is 1. The summed E-state index contributed by atoms with van der Waals surface area (Å²) in [7, 11) is 0. The normalized spacial score (nSPS) is 22.8. The number of likely N-dealkylation sites (tertiary alicyclic amines) is 1. The number of hydrogen-bond donors (Lipinski definition) is 0. The molecule has 0 aromatic heterocycles. The van der Waals surface area contributed by atoms with E-state index in [4.69, 9.17) is 0 Å². The van der Waals surface area contributed by atoms with Gasteiger partial charge in [-0.2, -0.15) is 0 Å². The van der Waals surface area contributed by atoms with Crippen LogP contribution in [0.1, 0.15) is 32.3 Å². The molecule has 0 radical (unpaired) electrons. The summed E-state index contributed by atoms with van der Waals surface area (Å²) in [5, 5.41) is 0. The highest BCUT2D eigenvalue weighted by Gasteiger charge is 2.31. The molecule has 0 saturated carbocycles. The minimum absolute atomic E-state index is 0. The third kappa shape index (κ3) is 3.41. The van der Waals surface area contributed by atoms with Crippen molar-refractivity contribution in [3.8, 4) is 0 Å². The van der Waals surface area contributed by atoms with Gasteiger partial charge in [0, 0.05) is 11.7 Å². The van der Waals surface area contributed by atoms with E-state index in [1.807, 2.05) is 11.0 Å². The number of rotatable bonds is 2. The molecular weight excluding hydrogens is 284 g/mol. The van der Waals surface area contributed by atoms with E-state index in [1.165, 1.54) is 18.4 Å². The molecule has 0 aliphatic carbocycles. The summed E-state index contributed by atoms with van der Waals surface area (Å²) >= 11 is 0. The third-order valence-electron chi connectivity index (χ3n) is 4.71. The highest BCUT2D eigenvalue weighted by molar-refractivity contribution is 5.97. The fourth-order valence-corrected chi connectivity index (χ4v) is 3.43. The van der Waals surface area contributed by atoms with Crippen molar-refractivity contribution in [2.45, 2.75) is 39.2 Å². The number of carbonyl (C=O) groups excluding carboxylic acids is 1. The molecule has 2 heterocycles. The lowest BCUT2D eigenvalue weighted by atomic mass is 9.99. The predicted octanol–water partition coefficient (Wildman–Crippen LogP) is -0.300. The Morgan fingerprint density at radius 2 is 1.86 bits per heavy atom. The molecule has 2 aliphatic rings. The first kappa shape index (κ1) is 16.3. The smallest absolute Gasteiger partial charge is 0.241 e. The Bertz CT molecular complexity index is 497. The molecule has 1 unspecified atom stereocenters. The first-order valence-electron chi connectivity index (χ1n) is 7.77. The van der Waals surface area contributed by atoms with Gasteiger partial charge in [-0.1, -0.05) is 25.1 Å². The Kier molecular flexibility index (Phi) is 5.28. The summed E-state index contributed by atoms with van der Waals surface area (Å²) in [6.07, 6.45) is 3.43. The van der Waals surface area contributed by atoms with Crippen molar-refractivity contribution in [3.05, 3.63) is 29.8 Å². The van der Waals surface area contributed by atoms with E-state index in [2.05, 4.69) is 36.9 Å². The van der Waals surface area contributed by atoms with Crippen LogP contribution in [0.4, 0.5) is 5.69 Å². The largest absolute Gasteiger partial charge is 1.00 e. The number of piperidine rings is 1. The monoisotopic (exact) mass is 307 g/mol. The SMILES string of the molecule is CC1CCN(CC(=O)N2c3ccccc3CC2C)CC1.[Cl-]. The summed E-state index contributed by atoms with van der Waals surface area (Å²) < 4.78 is 0. The molecule has 21 heavy (non-hydrogen) atoms. The molecule has 0 N–H and O–H groups in total. The first-order valence-corrected chi connectivity index (χ1v) is 7.77. The van der Waals surface area contributed by atoms with Gasteiger partial charge in [0.1, 0.15) is 0 Å². The number of para-hydroxylation sites is 1. The fraction of sp³-hybridized carbons (Fsp3) is 0.588. The van der Waals surface area contributed by atoms with Crippen LogP contribution < -0.4 is 17.3 Å². The number of benzene rings is 1. The second kappa shape index (κ2) is 6.80. The van der Waals surface area contributed by atoms with Crippen LogP contribution in [0.5, 0.6) is 0 Å². The molecule has 1 atom stereocenters. The van der Waals surface area contributed by atoms with Gasteiger partial charge in [-0.3, -0.25) is 9.69 Å². The number of hydrogen-bond acceptors (Lipinski definition) is 2. The molecule has 0 bridgehead atoms. The average Bonchev–Trinajstić information content (AvgIpc) is 2.77. The molecule has 3 rings (SSSR count). The van der Waals surface area contributed by atoms with Crippen LogP contribution in [-0.2, 0) is 11.2 Å². The Balaban J connectivity index is 0.00000161. The topological polar surface area (TPSA) is 23.6 Å². The van der Waals surface area contributed by atoms with Gasteiger partial charge >= 0.3 is 0 Å². The van der Waals surface area contributed by atoms with Crippen LogP contribution in [0.15, 0.2) is 24.3 Å². The van der Waals surface area contributed by atoms with Gasteiger partial charge in [0.25, 0.3) is 0 Å². The summed E-state index contributed by atoms with van der Waals surface area (Å²) in [5.74, 6) is 1.07. The van der Waals surface area contributed by atoms with Crippen LogP contribution in [0.3, 0.4) is 0 Å². The minimum Gasteiger partial charge on any atom is -1.00 e. The first-order chi connectivity index (χ1) is 9.65. The van der Waals surface area contributed by atoms with Gasteiger partial charge < -0.3 is 17.3 Å². The number of halogens is 1. The van der Waals surface area contributed by atoms with Gasteiger partial charge in [0.2, 0.25) is 5.91 Å². The fourth-order valence-electron chi connectivity index (χ4n) is 3.43. The van der Waals surface area contributed by atoms with Gasteiger partial charge in [-0.05, 0) is 56.8 Å². The molecular formula is C17H24ClN2O-. The highest BCUT2D eigenvalue weighted by atomic mass is 35.5. The van der Waals surface area contributed by atoms with E-state index in [0.29, 0.717) is 12.6 Å². The molecule has 1 saturated heterocycles. The molecule has 1 fully saturated rings. The number of anilines is 1. The second-order valence-electron chi connectivity index (χ2n) is 6.40. The second-order valence-corrected chi connectivity index (χ2v) is 6.40. The summed E-state index contributed by atoms with van der Waals surface area (Å²) in [6.45, 7) is 7.16. The lowest BCUT2D eigenvalue weighted by Crippen LogP contribution is -3.00. The van der Waals surface area contributed by atoms with Crippen LogP contribution in [0.2, 0.25) is 0 Å². The van der Waals surface area contributed by atoms with Crippen molar-refractivity contribution < 1.29 is 17.2 Å². The lowest BCUT2D eigenvalue weighted by molar-refractivity contribution is -0.120. The van der Waals surface area contributed by atoms with Crippen molar-refractivity contribution in [3.63, 3.8) is 0 Å². The van der Waals surface area contributed by atoms with Crippen LogP contribution >= 0.6 is 0 Å². The van der Waals surface area contributed by atoms with Crippen LogP contribution in [0, 0.1) is 5.92 Å². The predicted molar refractivity (Wildman–Crippen MR) is 81.9 cm³/mol. The quantitative estimate of drug-likeness (QED) is 0.749.